The van der Waals surface area contributed by atoms with Gasteiger partial charge in [-0.05, 0) is 24.8 Å². The van der Waals surface area contributed by atoms with E-state index in [0.29, 0.717) is 5.16 Å². The van der Waals surface area contributed by atoms with Gasteiger partial charge in [0.25, 0.3) is 0 Å². The van der Waals surface area contributed by atoms with E-state index >= 15 is 0 Å². The summed E-state index contributed by atoms with van der Waals surface area (Å²) in [5.74, 6) is 1.97. The third kappa shape index (κ3) is 3.20. The standard InChI is InChI=1S/C13H17N5S/c1-8(2)10-17-11(14-4)9(3)12(18-10)19-13-15-6-5-7-16-13/h5-8H,1-4H3,(H,14,17,18). The minimum Gasteiger partial charge on any atom is -0.373 e. The fourth-order valence-corrected chi connectivity index (χ4v) is 2.33. The fourth-order valence-electron chi connectivity index (χ4n) is 1.54. The Morgan fingerprint density at radius 2 is 1.84 bits per heavy atom. The molecule has 5 nitrogen and oxygen atoms in total. The van der Waals surface area contributed by atoms with Gasteiger partial charge in [0, 0.05) is 30.9 Å². The van der Waals surface area contributed by atoms with E-state index in [-0.39, 0.29) is 5.92 Å². The normalized spacial score (nSPS) is 10.8. The van der Waals surface area contributed by atoms with Crippen LogP contribution in [0.1, 0.15) is 31.2 Å². The van der Waals surface area contributed by atoms with Gasteiger partial charge < -0.3 is 5.32 Å². The maximum atomic E-state index is 4.61. The molecular formula is C13H17N5S. The minimum atomic E-state index is 0.281. The number of nitrogens with one attached hydrogen (secondary N) is 1. The number of hydrogen-bond donors (Lipinski definition) is 1. The van der Waals surface area contributed by atoms with Crippen molar-refractivity contribution in [2.75, 3.05) is 12.4 Å². The van der Waals surface area contributed by atoms with Crippen LogP contribution in [0.2, 0.25) is 0 Å². The maximum Gasteiger partial charge on any atom is 0.193 e. The first-order valence-corrected chi connectivity index (χ1v) is 6.94. The molecule has 2 heterocycles. The number of hydrogen-bond acceptors (Lipinski definition) is 6. The predicted molar refractivity (Wildman–Crippen MR) is 76.6 cm³/mol. The zero-order chi connectivity index (χ0) is 13.8. The lowest BCUT2D eigenvalue weighted by atomic mass is 10.2. The zero-order valence-corrected chi connectivity index (χ0v) is 12.3. The van der Waals surface area contributed by atoms with Gasteiger partial charge in [-0.2, -0.15) is 0 Å². The predicted octanol–water partition coefficient (Wildman–Crippen LogP) is 2.89. The van der Waals surface area contributed by atoms with E-state index in [1.165, 1.54) is 11.8 Å². The summed E-state index contributed by atoms with van der Waals surface area (Å²) in [5, 5.41) is 4.70. The number of rotatable bonds is 4. The number of nitrogens with zero attached hydrogens (tertiary/aromatic N) is 4. The second-order valence-electron chi connectivity index (χ2n) is 4.40. The summed E-state index contributed by atoms with van der Waals surface area (Å²) in [4.78, 5) is 17.6. The molecule has 1 N–H and O–H groups in total. The van der Waals surface area contributed by atoms with Crippen LogP contribution in [0, 0.1) is 6.92 Å². The third-order valence-electron chi connectivity index (χ3n) is 2.60. The van der Waals surface area contributed by atoms with E-state index < -0.39 is 0 Å². The molecule has 19 heavy (non-hydrogen) atoms. The van der Waals surface area contributed by atoms with Gasteiger partial charge in [0.1, 0.15) is 16.7 Å². The molecule has 0 atom stereocenters. The lowest BCUT2D eigenvalue weighted by Crippen LogP contribution is -2.06. The van der Waals surface area contributed by atoms with Gasteiger partial charge in [-0.3, -0.25) is 0 Å². The molecule has 0 aliphatic heterocycles. The highest BCUT2D eigenvalue weighted by Crippen LogP contribution is 2.30. The Morgan fingerprint density at radius 1 is 1.16 bits per heavy atom. The highest BCUT2D eigenvalue weighted by atomic mass is 32.2. The highest BCUT2D eigenvalue weighted by molar-refractivity contribution is 7.99. The zero-order valence-electron chi connectivity index (χ0n) is 11.5. The van der Waals surface area contributed by atoms with Crippen molar-refractivity contribution >= 4 is 17.6 Å². The molecule has 0 saturated carbocycles. The van der Waals surface area contributed by atoms with Crippen LogP contribution in [0.25, 0.3) is 0 Å². The quantitative estimate of drug-likeness (QED) is 0.684. The van der Waals surface area contributed by atoms with Gasteiger partial charge in [0.15, 0.2) is 5.16 Å². The Kier molecular flexibility index (Phi) is 4.31. The van der Waals surface area contributed by atoms with Crippen LogP contribution in [0.4, 0.5) is 5.82 Å². The van der Waals surface area contributed by atoms with Gasteiger partial charge in [0.05, 0.1) is 0 Å². The Bertz CT molecular complexity index is 556. The van der Waals surface area contributed by atoms with Crippen molar-refractivity contribution in [1.82, 2.24) is 19.9 Å². The summed E-state index contributed by atoms with van der Waals surface area (Å²) in [7, 11) is 1.87. The molecule has 2 aromatic heterocycles. The van der Waals surface area contributed by atoms with Crippen molar-refractivity contribution in [3.05, 3.63) is 29.8 Å². The molecule has 0 aromatic carbocycles. The van der Waals surface area contributed by atoms with Gasteiger partial charge in [-0.1, -0.05) is 13.8 Å². The molecule has 0 spiro atoms. The van der Waals surface area contributed by atoms with E-state index in [4.69, 9.17) is 0 Å². The Morgan fingerprint density at radius 3 is 2.42 bits per heavy atom. The smallest absolute Gasteiger partial charge is 0.193 e. The summed E-state index contributed by atoms with van der Waals surface area (Å²) in [6, 6.07) is 1.80. The lowest BCUT2D eigenvalue weighted by Gasteiger charge is -2.12. The summed E-state index contributed by atoms with van der Waals surface area (Å²) < 4.78 is 0. The average Bonchev–Trinajstić information content (AvgIpc) is 2.42. The van der Waals surface area contributed by atoms with Crippen LogP contribution in [-0.4, -0.2) is 27.0 Å². The van der Waals surface area contributed by atoms with Gasteiger partial charge in [0.2, 0.25) is 0 Å². The Balaban J connectivity index is 2.41. The lowest BCUT2D eigenvalue weighted by molar-refractivity contribution is 0.749. The van der Waals surface area contributed by atoms with Gasteiger partial charge >= 0.3 is 0 Å². The largest absolute Gasteiger partial charge is 0.373 e. The SMILES string of the molecule is CNc1nc(C(C)C)nc(Sc2ncccn2)c1C. The summed E-state index contributed by atoms with van der Waals surface area (Å²) in [6.07, 6.45) is 3.46. The summed E-state index contributed by atoms with van der Waals surface area (Å²) in [5.41, 5.74) is 1.02. The molecule has 100 valence electrons. The summed E-state index contributed by atoms with van der Waals surface area (Å²) >= 11 is 1.46. The van der Waals surface area contributed by atoms with Crippen molar-refractivity contribution in [2.24, 2.45) is 0 Å². The first kappa shape index (κ1) is 13.7. The second-order valence-corrected chi connectivity index (χ2v) is 5.35. The molecule has 6 heteroatoms. The molecule has 2 rings (SSSR count). The first-order chi connectivity index (χ1) is 9.11. The maximum absolute atomic E-state index is 4.61. The van der Waals surface area contributed by atoms with E-state index in [9.17, 15) is 0 Å². The molecule has 0 aliphatic carbocycles. The molecule has 0 unspecified atom stereocenters. The number of aromatic nitrogens is 4. The van der Waals surface area contributed by atoms with Crippen LogP contribution in [0.15, 0.2) is 28.6 Å². The first-order valence-electron chi connectivity index (χ1n) is 6.13. The third-order valence-corrected chi connectivity index (χ3v) is 3.59. The second kappa shape index (κ2) is 5.97. The van der Waals surface area contributed by atoms with Crippen molar-refractivity contribution in [3.8, 4) is 0 Å². The average molecular weight is 275 g/mol. The molecule has 0 aliphatic rings. The van der Waals surface area contributed by atoms with Crippen molar-refractivity contribution < 1.29 is 0 Å². The van der Waals surface area contributed by atoms with E-state index in [0.717, 1.165) is 22.2 Å². The topological polar surface area (TPSA) is 63.6 Å². The van der Waals surface area contributed by atoms with E-state index in [2.05, 4.69) is 39.1 Å². The molecular weight excluding hydrogens is 258 g/mol. The van der Waals surface area contributed by atoms with Crippen molar-refractivity contribution in [2.45, 2.75) is 36.9 Å². The Hall–Kier alpha value is -1.69. The molecule has 0 saturated heterocycles. The van der Waals surface area contributed by atoms with Crippen LogP contribution < -0.4 is 5.32 Å². The van der Waals surface area contributed by atoms with Crippen LogP contribution in [0.3, 0.4) is 0 Å². The molecule has 0 amide bonds. The molecule has 0 radical (unpaired) electrons. The highest BCUT2D eigenvalue weighted by Gasteiger charge is 2.14. The van der Waals surface area contributed by atoms with Crippen LogP contribution in [0.5, 0.6) is 0 Å². The number of anilines is 1. The molecule has 2 aromatic rings. The molecule has 0 bridgehead atoms. The van der Waals surface area contributed by atoms with Gasteiger partial charge in [-0.25, -0.2) is 19.9 Å². The van der Waals surface area contributed by atoms with E-state index in [1.807, 2.05) is 14.0 Å². The van der Waals surface area contributed by atoms with Crippen molar-refractivity contribution in [1.29, 1.82) is 0 Å². The summed E-state index contributed by atoms with van der Waals surface area (Å²) in [6.45, 7) is 6.16. The Labute approximate surface area is 117 Å². The van der Waals surface area contributed by atoms with Crippen molar-refractivity contribution in [3.63, 3.8) is 0 Å². The van der Waals surface area contributed by atoms with Crippen LogP contribution >= 0.6 is 11.8 Å². The van der Waals surface area contributed by atoms with Gasteiger partial charge in [-0.15, -0.1) is 0 Å². The minimum absolute atomic E-state index is 0.281. The monoisotopic (exact) mass is 275 g/mol. The molecule has 0 fully saturated rings. The fraction of sp³-hybridized carbons (Fsp3) is 0.385. The van der Waals surface area contributed by atoms with E-state index in [1.54, 1.807) is 18.5 Å². The van der Waals surface area contributed by atoms with Crippen LogP contribution in [-0.2, 0) is 0 Å².